The van der Waals surface area contributed by atoms with Gasteiger partial charge in [-0.05, 0) is 29.8 Å². The van der Waals surface area contributed by atoms with Gasteiger partial charge >= 0.3 is 0 Å². The van der Waals surface area contributed by atoms with E-state index in [-0.39, 0.29) is 0 Å². The van der Waals surface area contributed by atoms with Crippen LogP contribution in [0.1, 0.15) is 6.93 Å². The van der Waals surface area contributed by atoms with E-state index in [0.717, 1.165) is 22.2 Å². The molecule has 0 fully saturated rings. The number of aromatic nitrogens is 1. The van der Waals surface area contributed by atoms with Crippen molar-refractivity contribution in [3.63, 3.8) is 0 Å². The summed E-state index contributed by atoms with van der Waals surface area (Å²) in [5.74, 6) is 0.824. The number of H-pyrrole nitrogens is 1. The highest BCUT2D eigenvalue weighted by molar-refractivity contribution is 5.80. The van der Waals surface area contributed by atoms with Gasteiger partial charge in [0.1, 0.15) is 12.4 Å². The summed E-state index contributed by atoms with van der Waals surface area (Å²) in [4.78, 5) is 2.97. The Bertz CT molecular complexity index is 661. The Hall–Kier alpha value is -2.22. The lowest BCUT2D eigenvalue weighted by Crippen LogP contribution is -1.94. The van der Waals surface area contributed by atoms with E-state index in [1.165, 1.54) is 0 Å². The van der Waals surface area contributed by atoms with Crippen molar-refractivity contribution in [2.45, 2.75) is 6.61 Å². The molecule has 1 N–H and O–H groups in total. The summed E-state index contributed by atoms with van der Waals surface area (Å²) in [7, 11) is 0. The van der Waals surface area contributed by atoms with Crippen LogP contribution in [0.2, 0.25) is 0 Å². The minimum atomic E-state index is 0.421. The fraction of sp³-hybridized carbons (Fsp3) is 0.0667. The molecule has 0 saturated carbocycles. The number of benzene rings is 2. The summed E-state index contributed by atoms with van der Waals surface area (Å²) >= 11 is 0. The number of rotatable bonds is 3. The predicted molar refractivity (Wildman–Crippen MR) is 69.1 cm³/mol. The number of nitrogens with one attached hydrogen (secondary N) is 1. The van der Waals surface area contributed by atoms with Crippen LogP contribution in [0.5, 0.6) is 5.75 Å². The van der Waals surface area contributed by atoms with Gasteiger partial charge in [0.05, 0.1) is 1.37 Å². The zero-order valence-electron chi connectivity index (χ0n) is 10.3. The Morgan fingerprint density at radius 3 is 2.82 bits per heavy atom. The minimum absolute atomic E-state index is 0.421. The van der Waals surface area contributed by atoms with Crippen molar-refractivity contribution in [2.75, 3.05) is 0 Å². The molecule has 0 spiro atoms. The van der Waals surface area contributed by atoms with E-state index in [0.29, 0.717) is 12.8 Å². The molecule has 2 heteroatoms. The fourth-order valence-corrected chi connectivity index (χ4v) is 1.80. The standard InChI is InChI=1S/C15H13NO/c1-2-4-12(5-3-1)11-17-14-6-7-15-13(10-14)8-9-16-15/h1-10,16H,11H2/i9D. The molecule has 84 valence electrons. The molecule has 1 heterocycles. The summed E-state index contributed by atoms with van der Waals surface area (Å²) in [6.45, 7) is 0.560. The van der Waals surface area contributed by atoms with E-state index in [4.69, 9.17) is 6.11 Å². The molecule has 0 saturated heterocycles. The molecule has 3 aromatic rings. The highest BCUT2D eigenvalue weighted by Gasteiger charge is 1.98. The topological polar surface area (TPSA) is 25.0 Å². The van der Waals surface area contributed by atoms with E-state index >= 15 is 0 Å². The van der Waals surface area contributed by atoms with Crippen molar-refractivity contribution >= 4 is 10.9 Å². The molecule has 0 aliphatic carbocycles. The minimum Gasteiger partial charge on any atom is -0.489 e. The van der Waals surface area contributed by atoms with Crippen LogP contribution in [0.3, 0.4) is 0 Å². The molecule has 2 aromatic carbocycles. The van der Waals surface area contributed by atoms with E-state index < -0.39 is 0 Å². The summed E-state index contributed by atoms with van der Waals surface area (Å²) in [5, 5.41) is 1.01. The van der Waals surface area contributed by atoms with Gasteiger partial charge in [-0.15, -0.1) is 0 Å². The maximum absolute atomic E-state index is 7.53. The van der Waals surface area contributed by atoms with Crippen molar-refractivity contribution in [3.05, 3.63) is 66.3 Å². The molecule has 0 atom stereocenters. The monoisotopic (exact) mass is 224 g/mol. The van der Waals surface area contributed by atoms with Crippen LogP contribution in [0.25, 0.3) is 10.9 Å². The van der Waals surface area contributed by atoms with Crippen LogP contribution in [0.15, 0.2) is 60.8 Å². The zero-order valence-corrected chi connectivity index (χ0v) is 9.31. The average molecular weight is 224 g/mol. The maximum atomic E-state index is 7.53. The SMILES string of the molecule is [2H]c1cc2cc(OCc3ccccc3)ccc2[nH]1. The first kappa shape index (κ1) is 8.88. The normalized spacial score (nSPS) is 11.4. The van der Waals surface area contributed by atoms with E-state index in [1.54, 1.807) is 6.07 Å². The van der Waals surface area contributed by atoms with Crippen molar-refractivity contribution in [1.82, 2.24) is 4.98 Å². The molecule has 17 heavy (non-hydrogen) atoms. The summed E-state index contributed by atoms with van der Waals surface area (Å²) in [6.07, 6.45) is 0.421. The van der Waals surface area contributed by atoms with Gasteiger partial charge in [-0.2, -0.15) is 0 Å². The van der Waals surface area contributed by atoms with Gasteiger partial charge in [0.25, 0.3) is 0 Å². The molecule has 0 amide bonds. The van der Waals surface area contributed by atoms with Crippen LogP contribution in [-0.4, -0.2) is 4.98 Å². The number of hydrogen-bond donors (Lipinski definition) is 1. The first-order valence-electron chi connectivity index (χ1n) is 6.07. The van der Waals surface area contributed by atoms with Gasteiger partial charge < -0.3 is 9.72 Å². The predicted octanol–water partition coefficient (Wildman–Crippen LogP) is 3.75. The fourth-order valence-electron chi connectivity index (χ4n) is 1.80. The van der Waals surface area contributed by atoms with Crippen molar-refractivity contribution in [3.8, 4) is 5.75 Å². The van der Waals surface area contributed by atoms with Crippen LogP contribution in [0, 0.1) is 0 Å². The maximum Gasteiger partial charge on any atom is 0.120 e. The molecule has 2 nitrogen and oxygen atoms in total. The first-order chi connectivity index (χ1) is 8.81. The van der Waals surface area contributed by atoms with Crippen molar-refractivity contribution < 1.29 is 6.11 Å². The third-order valence-electron chi connectivity index (χ3n) is 2.71. The molecule has 0 bridgehead atoms. The largest absolute Gasteiger partial charge is 0.489 e. The second-order valence-electron chi connectivity index (χ2n) is 3.94. The highest BCUT2D eigenvalue weighted by atomic mass is 16.5. The molecule has 0 aliphatic rings. The summed E-state index contributed by atoms with van der Waals surface area (Å²) < 4.78 is 13.3. The highest BCUT2D eigenvalue weighted by Crippen LogP contribution is 2.20. The van der Waals surface area contributed by atoms with Crippen LogP contribution in [-0.2, 0) is 6.61 Å². The number of ether oxygens (including phenoxy) is 1. The van der Waals surface area contributed by atoms with E-state index in [1.807, 2.05) is 48.5 Å². The lowest BCUT2D eigenvalue weighted by Gasteiger charge is -2.06. The molecule has 0 aliphatic heterocycles. The zero-order chi connectivity index (χ0) is 12.4. The van der Waals surface area contributed by atoms with E-state index in [2.05, 4.69) is 4.98 Å². The Morgan fingerprint density at radius 2 is 1.94 bits per heavy atom. The average Bonchev–Trinajstić information content (AvgIpc) is 2.77. The van der Waals surface area contributed by atoms with Crippen molar-refractivity contribution in [1.29, 1.82) is 0 Å². The molecule has 1 aromatic heterocycles. The second kappa shape index (κ2) is 4.34. The lowest BCUT2D eigenvalue weighted by molar-refractivity contribution is 0.306. The van der Waals surface area contributed by atoms with Crippen LogP contribution in [0.4, 0.5) is 0 Å². The van der Waals surface area contributed by atoms with Gasteiger partial charge in [0.15, 0.2) is 0 Å². The molecule has 0 unspecified atom stereocenters. The molecule has 0 radical (unpaired) electrons. The first-order valence-corrected chi connectivity index (χ1v) is 5.57. The van der Waals surface area contributed by atoms with Gasteiger partial charge in [0.2, 0.25) is 0 Å². The van der Waals surface area contributed by atoms with Crippen molar-refractivity contribution in [2.24, 2.45) is 0 Å². The molecular formula is C15H13NO. The lowest BCUT2D eigenvalue weighted by atomic mass is 10.2. The number of fused-ring (bicyclic) bond motifs is 1. The Morgan fingerprint density at radius 1 is 1.06 bits per heavy atom. The van der Waals surface area contributed by atoms with E-state index in [9.17, 15) is 0 Å². The Labute approximate surface area is 101 Å². The second-order valence-corrected chi connectivity index (χ2v) is 3.94. The Balaban J connectivity index is 1.78. The molecule has 3 rings (SSSR count). The summed E-state index contributed by atoms with van der Waals surface area (Å²) in [5.41, 5.74) is 2.11. The van der Waals surface area contributed by atoms with Gasteiger partial charge in [-0.1, -0.05) is 30.3 Å². The smallest absolute Gasteiger partial charge is 0.120 e. The number of aromatic amines is 1. The number of hydrogen-bond acceptors (Lipinski definition) is 1. The van der Waals surface area contributed by atoms with Gasteiger partial charge in [-0.25, -0.2) is 0 Å². The summed E-state index contributed by atoms with van der Waals surface area (Å²) in [6, 6.07) is 17.7. The van der Waals surface area contributed by atoms with Gasteiger partial charge in [-0.3, -0.25) is 0 Å². The van der Waals surface area contributed by atoms with Gasteiger partial charge in [0, 0.05) is 17.1 Å². The molecular weight excluding hydrogens is 210 g/mol. The van der Waals surface area contributed by atoms with Crippen LogP contribution >= 0.6 is 0 Å². The Kier molecular flexibility index (Phi) is 2.26. The quantitative estimate of drug-likeness (QED) is 0.720. The third-order valence-corrected chi connectivity index (χ3v) is 2.71. The third kappa shape index (κ3) is 2.16. The van der Waals surface area contributed by atoms with Crippen LogP contribution < -0.4 is 4.74 Å².